The fourth-order valence-corrected chi connectivity index (χ4v) is 2.30. The van der Waals surface area contributed by atoms with Crippen molar-refractivity contribution in [3.63, 3.8) is 0 Å². The first kappa shape index (κ1) is 21.0. The Morgan fingerprint density at radius 1 is 1.00 bits per heavy atom. The molecule has 0 aromatic rings. The van der Waals surface area contributed by atoms with E-state index in [0.29, 0.717) is 0 Å². The minimum Gasteiger partial charge on any atom is -0.456 e. The number of hydrogen-bond donors (Lipinski definition) is 2. The number of carbonyl (C=O) groups is 4. The van der Waals surface area contributed by atoms with E-state index in [1.165, 1.54) is 6.92 Å². The molecule has 0 bridgehead atoms. The lowest BCUT2D eigenvalue weighted by Crippen LogP contribution is -2.63. The van der Waals surface area contributed by atoms with E-state index in [2.05, 4.69) is 10.6 Å². The molecule has 4 unspecified atom stereocenters. The number of amides is 2. The van der Waals surface area contributed by atoms with Gasteiger partial charge < -0.3 is 29.6 Å². The zero-order valence-corrected chi connectivity index (χ0v) is 14.8. The first-order valence-corrected chi connectivity index (χ1v) is 8.01. The predicted octanol–water partition coefficient (Wildman–Crippen LogP) is -0.324. The molecule has 0 aromatic carbocycles. The third-order valence-electron chi connectivity index (χ3n) is 3.00. The SMILES string of the molecule is CC(=O)OC1COC(NC(=O)NCCCl)C(OC(C)=O)C1OC(C)=O. The second-order valence-corrected chi connectivity index (χ2v) is 5.52. The molecule has 2 N–H and O–H groups in total. The lowest BCUT2D eigenvalue weighted by atomic mass is 10.0. The van der Waals surface area contributed by atoms with Crippen LogP contribution in [0.4, 0.5) is 4.79 Å². The highest BCUT2D eigenvalue weighted by molar-refractivity contribution is 6.18. The van der Waals surface area contributed by atoms with Crippen LogP contribution in [0.1, 0.15) is 20.8 Å². The standard InChI is InChI=1S/C14H21ClN2O8/c1-7(18)23-10-6-22-13(17-14(21)16-5-4-15)12(25-9(3)20)11(10)24-8(2)19/h10-13H,4-6H2,1-3H3,(H2,16,17,21). The molecule has 2 amide bonds. The molecular weight excluding hydrogens is 360 g/mol. The average molecular weight is 381 g/mol. The average Bonchev–Trinajstić information content (AvgIpc) is 2.49. The molecule has 1 aliphatic rings. The zero-order chi connectivity index (χ0) is 19.0. The summed E-state index contributed by atoms with van der Waals surface area (Å²) in [6, 6.07) is -0.615. The van der Waals surface area contributed by atoms with Crippen LogP contribution in [-0.2, 0) is 33.3 Å². The van der Waals surface area contributed by atoms with Crippen LogP contribution in [0, 0.1) is 0 Å². The molecule has 1 rings (SSSR count). The van der Waals surface area contributed by atoms with Crippen LogP contribution in [0.25, 0.3) is 0 Å². The highest BCUT2D eigenvalue weighted by Crippen LogP contribution is 2.23. The quantitative estimate of drug-likeness (QED) is 0.364. The summed E-state index contributed by atoms with van der Waals surface area (Å²) in [4.78, 5) is 45.8. The van der Waals surface area contributed by atoms with Crippen molar-refractivity contribution in [3.05, 3.63) is 0 Å². The number of nitrogens with one attached hydrogen (secondary N) is 2. The Kier molecular flexibility index (Phi) is 8.42. The Bertz CT molecular complexity index is 515. The van der Waals surface area contributed by atoms with Crippen molar-refractivity contribution in [1.29, 1.82) is 0 Å². The Morgan fingerprint density at radius 2 is 1.56 bits per heavy atom. The summed E-state index contributed by atoms with van der Waals surface area (Å²) in [6.45, 7) is 3.51. The van der Waals surface area contributed by atoms with Gasteiger partial charge in [-0.25, -0.2) is 4.79 Å². The Hall–Kier alpha value is -2.07. The fourth-order valence-electron chi connectivity index (χ4n) is 2.21. The zero-order valence-electron chi connectivity index (χ0n) is 14.1. The summed E-state index contributed by atoms with van der Waals surface area (Å²) >= 11 is 5.48. The summed E-state index contributed by atoms with van der Waals surface area (Å²) in [5, 5.41) is 4.90. The summed E-state index contributed by atoms with van der Waals surface area (Å²) in [6.07, 6.45) is -4.45. The topological polar surface area (TPSA) is 129 Å². The van der Waals surface area contributed by atoms with Gasteiger partial charge in [-0.2, -0.15) is 0 Å². The smallest absolute Gasteiger partial charge is 0.316 e. The highest BCUT2D eigenvalue weighted by Gasteiger charge is 2.47. The molecule has 0 aliphatic carbocycles. The molecule has 142 valence electrons. The first-order chi connectivity index (χ1) is 11.7. The monoisotopic (exact) mass is 380 g/mol. The van der Waals surface area contributed by atoms with Gasteiger partial charge in [0.25, 0.3) is 0 Å². The summed E-state index contributed by atoms with van der Waals surface area (Å²) < 4.78 is 20.8. The van der Waals surface area contributed by atoms with Crippen LogP contribution in [0.5, 0.6) is 0 Å². The van der Waals surface area contributed by atoms with E-state index in [0.717, 1.165) is 13.8 Å². The lowest BCUT2D eigenvalue weighted by Gasteiger charge is -2.40. The molecule has 25 heavy (non-hydrogen) atoms. The van der Waals surface area contributed by atoms with E-state index in [4.69, 9.17) is 30.5 Å². The van der Waals surface area contributed by atoms with Crippen molar-refractivity contribution in [3.8, 4) is 0 Å². The largest absolute Gasteiger partial charge is 0.456 e. The molecule has 0 aromatic heterocycles. The second-order valence-electron chi connectivity index (χ2n) is 5.14. The Balaban J connectivity index is 2.96. The number of esters is 3. The molecule has 4 atom stereocenters. The number of hydrogen-bond acceptors (Lipinski definition) is 8. The molecule has 10 nitrogen and oxygen atoms in total. The lowest BCUT2D eigenvalue weighted by molar-refractivity contribution is -0.228. The van der Waals surface area contributed by atoms with Crippen LogP contribution < -0.4 is 10.6 Å². The van der Waals surface area contributed by atoms with Crippen LogP contribution in [0.15, 0.2) is 0 Å². The van der Waals surface area contributed by atoms with Gasteiger partial charge in [-0.3, -0.25) is 14.4 Å². The molecule has 1 heterocycles. The fraction of sp³-hybridized carbons (Fsp3) is 0.714. The van der Waals surface area contributed by atoms with Crippen LogP contribution in [0.3, 0.4) is 0 Å². The van der Waals surface area contributed by atoms with Crippen molar-refractivity contribution in [2.45, 2.75) is 45.3 Å². The number of rotatable bonds is 6. The normalized spacial score (nSPS) is 25.4. The van der Waals surface area contributed by atoms with Crippen molar-refractivity contribution in [1.82, 2.24) is 10.6 Å². The predicted molar refractivity (Wildman–Crippen MR) is 83.7 cm³/mol. The molecular formula is C14H21ClN2O8. The molecule has 1 aliphatic heterocycles. The minimum absolute atomic E-state index is 0.171. The Morgan fingerprint density at radius 3 is 2.08 bits per heavy atom. The van der Waals surface area contributed by atoms with Gasteiger partial charge in [-0.05, 0) is 0 Å². The van der Waals surface area contributed by atoms with Crippen molar-refractivity contribution < 1.29 is 38.1 Å². The van der Waals surface area contributed by atoms with E-state index in [1.54, 1.807) is 0 Å². The van der Waals surface area contributed by atoms with Gasteiger partial charge >= 0.3 is 23.9 Å². The first-order valence-electron chi connectivity index (χ1n) is 7.48. The van der Waals surface area contributed by atoms with E-state index in [1.807, 2.05) is 0 Å². The van der Waals surface area contributed by atoms with Crippen molar-refractivity contribution >= 4 is 35.5 Å². The minimum atomic E-state index is -1.21. The third-order valence-corrected chi connectivity index (χ3v) is 3.19. The maximum absolute atomic E-state index is 11.8. The number of carbonyl (C=O) groups excluding carboxylic acids is 4. The molecule has 1 saturated heterocycles. The van der Waals surface area contributed by atoms with Gasteiger partial charge in [0.2, 0.25) is 0 Å². The number of alkyl halides is 1. The van der Waals surface area contributed by atoms with Crippen molar-refractivity contribution in [2.24, 2.45) is 0 Å². The van der Waals surface area contributed by atoms with E-state index in [-0.39, 0.29) is 19.0 Å². The molecule has 11 heteroatoms. The van der Waals surface area contributed by atoms with Gasteiger partial charge in [0.15, 0.2) is 24.5 Å². The van der Waals surface area contributed by atoms with E-state index in [9.17, 15) is 19.2 Å². The van der Waals surface area contributed by atoms with E-state index >= 15 is 0 Å². The van der Waals surface area contributed by atoms with Gasteiger partial charge in [0, 0.05) is 33.2 Å². The van der Waals surface area contributed by atoms with Gasteiger partial charge in [-0.1, -0.05) is 0 Å². The van der Waals surface area contributed by atoms with Crippen molar-refractivity contribution in [2.75, 3.05) is 19.0 Å². The summed E-state index contributed by atoms with van der Waals surface area (Å²) in [5.41, 5.74) is 0. The maximum atomic E-state index is 11.8. The molecule has 0 spiro atoms. The van der Waals surface area contributed by atoms with Gasteiger partial charge in [0.05, 0.1) is 6.61 Å². The van der Waals surface area contributed by atoms with Gasteiger partial charge in [0.1, 0.15) is 0 Å². The van der Waals surface area contributed by atoms with Gasteiger partial charge in [-0.15, -0.1) is 11.6 Å². The Labute approximate surface area is 149 Å². The number of ether oxygens (including phenoxy) is 4. The van der Waals surface area contributed by atoms with Crippen LogP contribution >= 0.6 is 11.6 Å². The number of urea groups is 1. The highest BCUT2D eigenvalue weighted by atomic mass is 35.5. The van der Waals surface area contributed by atoms with E-state index < -0.39 is 48.5 Å². The number of halogens is 1. The summed E-state index contributed by atoms with van der Waals surface area (Å²) in [5.74, 6) is -1.79. The third kappa shape index (κ3) is 7.14. The molecule has 1 fully saturated rings. The maximum Gasteiger partial charge on any atom is 0.316 e. The van der Waals surface area contributed by atoms with Crippen LogP contribution in [0.2, 0.25) is 0 Å². The molecule has 0 saturated carbocycles. The second kappa shape index (κ2) is 10.0. The van der Waals surface area contributed by atoms with Crippen LogP contribution in [-0.4, -0.2) is 67.5 Å². The summed E-state index contributed by atoms with van der Waals surface area (Å²) in [7, 11) is 0. The molecule has 0 radical (unpaired) electrons.